The predicted octanol–water partition coefficient (Wildman–Crippen LogP) is 6.64. The monoisotopic (exact) mass is 560 g/mol. The van der Waals surface area contributed by atoms with Gasteiger partial charge in [-0.15, -0.1) is 0 Å². The smallest absolute Gasteiger partial charge is 0.419 e. The third-order valence-electron chi connectivity index (χ3n) is 5.89. The maximum atomic E-state index is 13.4. The molecule has 0 radical (unpaired) electrons. The molecule has 0 unspecified atom stereocenters. The van der Waals surface area contributed by atoms with Crippen molar-refractivity contribution in [1.29, 1.82) is 0 Å². The summed E-state index contributed by atoms with van der Waals surface area (Å²) in [7, 11) is -0.264. The molecule has 0 amide bonds. The van der Waals surface area contributed by atoms with Gasteiger partial charge in [-0.05, 0) is 96.8 Å². The molecule has 4 rings (SSSR count). The van der Waals surface area contributed by atoms with E-state index in [4.69, 9.17) is 18.5 Å². The van der Waals surface area contributed by atoms with Gasteiger partial charge in [-0.3, -0.25) is 9.97 Å². The Morgan fingerprint density at radius 1 is 0.750 bits per heavy atom. The predicted molar refractivity (Wildman–Crippen MR) is 154 cm³/mol. The van der Waals surface area contributed by atoms with Gasteiger partial charge < -0.3 is 28.7 Å². The van der Waals surface area contributed by atoms with Gasteiger partial charge in [0.25, 0.3) is 0 Å². The van der Waals surface area contributed by atoms with Crippen LogP contribution in [0.4, 0.5) is 0 Å². The Hall–Kier alpha value is -4.75. The van der Waals surface area contributed by atoms with Crippen molar-refractivity contribution in [1.82, 2.24) is 9.97 Å². The second kappa shape index (κ2) is 12.9. The van der Waals surface area contributed by atoms with E-state index in [1.807, 2.05) is 0 Å². The number of benzene rings is 2. The number of rotatable bonds is 10. The zero-order valence-corrected chi connectivity index (χ0v) is 23.4. The van der Waals surface area contributed by atoms with Crippen LogP contribution in [0.2, 0.25) is 0 Å². The molecule has 0 aliphatic carbocycles. The highest BCUT2D eigenvalue weighted by Gasteiger charge is 2.15. The van der Waals surface area contributed by atoms with Crippen molar-refractivity contribution in [3.63, 3.8) is 0 Å². The Kier molecular flexibility index (Phi) is 9.09. The number of aryl methyl sites for hydroxylation is 2. The molecule has 0 saturated heterocycles. The lowest BCUT2D eigenvalue weighted by Crippen LogP contribution is -1.93. The first-order chi connectivity index (χ1) is 19.3. The summed E-state index contributed by atoms with van der Waals surface area (Å²) in [6.07, 6.45) is 9.72. The molecule has 0 aliphatic rings. The lowest BCUT2D eigenvalue weighted by atomic mass is 10.1. The van der Waals surface area contributed by atoms with E-state index >= 15 is 0 Å². The lowest BCUT2D eigenvalue weighted by Gasteiger charge is -2.15. The standard InChI is InChI=1S/C30H29N2O7P/c1-19-11-21(15-27(36-3)29(19)33)13-25(23-7-5-9-31-17-23)38-40(35)39-26(24-8-6-10-32-18-24)14-22-12-20(2)30(34)28(16-22)37-4/h5-18,33-34,40H,1-4H3/b25-13+,26-14+. The number of pyridine rings is 2. The number of ether oxygens (including phenoxy) is 2. The highest BCUT2D eigenvalue weighted by molar-refractivity contribution is 7.34. The number of hydrogen-bond donors (Lipinski definition) is 2. The molecule has 40 heavy (non-hydrogen) atoms. The van der Waals surface area contributed by atoms with Gasteiger partial charge in [-0.25, -0.2) is 4.57 Å². The van der Waals surface area contributed by atoms with Crippen LogP contribution in [0.1, 0.15) is 33.4 Å². The van der Waals surface area contributed by atoms with E-state index in [2.05, 4.69) is 9.97 Å². The van der Waals surface area contributed by atoms with Gasteiger partial charge >= 0.3 is 8.25 Å². The number of phenols is 2. The largest absolute Gasteiger partial charge is 0.504 e. The summed E-state index contributed by atoms with van der Waals surface area (Å²) in [6.45, 7) is 3.49. The van der Waals surface area contributed by atoms with Crippen LogP contribution in [0.5, 0.6) is 23.0 Å². The summed E-state index contributed by atoms with van der Waals surface area (Å²) in [6, 6.07) is 13.8. The van der Waals surface area contributed by atoms with Crippen molar-refractivity contribution in [3.05, 3.63) is 107 Å². The third kappa shape index (κ3) is 6.81. The molecule has 2 aromatic heterocycles. The zero-order valence-electron chi connectivity index (χ0n) is 22.4. The molecule has 4 aromatic rings. The fourth-order valence-corrected chi connectivity index (χ4v) is 4.64. The average molecular weight is 561 g/mol. The molecular weight excluding hydrogens is 531 g/mol. The van der Waals surface area contributed by atoms with Gasteiger partial charge in [0, 0.05) is 35.9 Å². The Morgan fingerprint density at radius 3 is 1.52 bits per heavy atom. The minimum absolute atomic E-state index is 0.0350. The normalized spacial score (nSPS) is 11.8. The number of phenolic OH excluding ortho intramolecular Hbond substituents is 2. The fraction of sp³-hybridized carbons (Fsp3) is 0.133. The first-order valence-electron chi connectivity index (χ1n) is 12.2. The molecule has 9 nitrogen and oxygen atoms in total. The summed E-state index contributed by atoms with van der Waals surface area (Å²) < 4.78 is 35.7. The van der Waals surface area contributed by atoms with E-state index < -0.39 is 8.25 Å². The Balaban J connectivity index is 1.71. The number of aromatic nitrogens is 2. The number of nitrogens with zero attached hydrogens (tertiary/aromatic N) is 2. The number of hydrogen-bond acceptors (Lipinski definition) is 9. The highest BCUT2D eigenvalue weighted by atomic mass is 31.1. The van der Waals surface area contributed by atoms with Crippen LogP contribution in [-0.2, 0) is 13.6 Å². The molecule has 0 fully saturated rings. The number of aromatic hydroxyl groups is 2. The minimum atomic E-state index is -3.19. The van der Waals surface area contributed by atoms with Gasteiger partial charge in [-0.1, -0.05) is 0 Å². The van der Waals surface area contributed by atoms with E-state index in [1.165, 1.54) is 14.2 Å². The van der Waals surface area contributed by atoms with Gasteiger partial charge in [0.2, 0.25) is 0 Å². The van der Waals surface area contributed by atoms with Crippen LogP contribution in [0.15, 0.2) is 73.3 Å². The van der Waals surface area contributed by atoms with Crippen LogP contribution in [0, 0.1) is 13.8 Å². The summed E-state index contributed by atoms with van der Waals surface area (Å²) in [5, 5.41) is 20.5. The number of methoxy groups -OCH3 is 2. The molecule has 2 N–H and O–H groups in total. The first kappa shape index (κ1) is 28.3. The molecular formula is C30H29N2O7P. The zero-order chi connectivity index (χ0) is 28.6. The first-order valence-corrected chi connectivity index (χ1v) is 13.4. The molecule has 2 heterocycles. The van der Waals surface area contributed by atoms with Gasteiger partial charge in [0.15, 0.2) is 23.0 Å². The maximum Gasteiger partial charge on any atom is 0.419 e. The molecule has 206 valence electrons. The van der Waals surface area contributed by atoms with Gasteiger partial charge in [-0.2, -0.15) is 0 Å². The second-order valence-electron chi connectivity index (χ2n) is 8.73. The molecule has 0 saturated carbocycles. The molecule has 2 aromatic carbocycles. The lowest BCUT2D eigenvalue weighted by molar-refractivity contribution is 0.371. The van der Waals surface area contributed by atoms with E-state index in [0.717, 1.165) is 0 Å². The Bertz CT molecular complexity index is 1460. The van der Waals surface area contributed by atoms with Crippen molar-refractivity contribution < 1.29 is 33.3 Å². The van der Waals surface area contributed by atoms with Crippen LogP contribution in [-0.4, -0.2) is 34.4 Å². The molecule has 0 atom stereocenters. The second-order valence-corrected chi connectivity index (χ2v) is 9.64. The average Bonchev–Trinajstić information content (AvgIpc) is 2.96. The van der Waals surface area contributed by atoms with E-state index in [1.54, 1.807) is 99.3 Å². The van der Waals surface area contributed by atoms with Crippen molar-refractivity contribution in [3.8, 4) is 23.0 Å². The molecule has 10 heteroatoms. The van der Waals surface area contributed by atoms with Crippen molar-refractivity contribution in [2.75, 3.05) is 14.2 Å². The van der Waals surface area contributed by atoms with Crippen LogP contribution < -0.4 is 9.47 Å². The van der Waals surface area contributed by atoms with Crippen molar-refractivity contribution in [2.24, 2.45) is 0 Å². The summed E-state index contributed by atoms with van der Waals surface area (Å²) in [5.41, 5.74) is 3.63. The Labute approximate surface area is 233 Å². The maximum absolute atomic E-state index is 13.4. The highest BCUT2D eigenvalue weighted by Crippen LogP contribution is 2.40. The van der Waals surface area contributed by atoms with Crippen LogP contribution in [0.25, 0.3) is 23.7 Å². The summed E-state index contributed by atoms with van der Waals surface area (Å²) in [5.74, 6) is 1.15. The van der Waals surface area contributed by atoms with Crippen LogP contribution in [0.3, 0.4) is 0 Å². The summed E-state index contributed by atoms with van der Waals surface area (Å²) >= 11 is 0. The molecule has 0 bridgehead atoms. The van der Waals surface area contributed by atoms with Crippen molar-refractivity contribution in [2.45, 2.75) is 13.8 Å². The van der Waals surface area contributed by atoms with Gasteiger partial charge in [0.1, 0.15) is 11.5 Å². The van der Waals surface area contributed by atoms with Crippen LogP contribution >= 0.6 is 8.25 Å². The van der Waals surface area contributed by atoms with E-state index in [9.17, 15) is 14.8 Å². The summed E-state index contributed by atoms with van der Waals surface area (Å²) in [4.78, 5) is 8.29. The van der Waals surface area contributed by atoms with Gasteiger partial charge in [0.05, 0.1) is 14.2 Å². The fourth-order valence-electron chi connectivity index (χ4n) is 3.89. The van der Waals surface area contributed by atoms with E-state index in [0.29, 0.717) is 44.9 Å². The molecule has 0 aliphatic heterocycles. The quantitative estimate of drug-likeness (QED) is 0.162. The Morgan fingerprint density at radius 2 is 1.18 bits per heavy atom. The third-order valence-corrected chi connectivity index (χ3v) is 6.66. The SMILES string of the molecule is COc1cc(/C=C(/O[PH](=O)O/C(=C/c2cc(C)c(O)c(OC)c2)c2cccnc2)c2cccnc2)cc(C)c1O. The van der Waals surface area contributed by atoms with Crippen molar-refractivity contribution >= 4 is 31.9 Å². The topological polar surface area (TPSA) is 120 Å². The van der Waals surface area contributed by atoms with E-state index in [-0.39, 0.29) is 23.0 Å². The minimum Gasteiger partial charge on any atom is -0.504 e. The molecule has 0 spiro atoms.